The first-order chi connectivity index (χ1) is 15.7. The number of anilines is 1. The molecule has 12 nitrogen and oxygen atoms in total. The van der Waals surface area contributed by atoms with Crippen molar-refractivity contribution in [3.8, 4) is 0 Å². The van der Waals surface area contributed by atoms with Crippen LogP contribution in [0.2, 0.25) is 4.34 Å². The minimum Gasteiger partial charge on any atom is -0.477 e. The number of aliphatic carboxylic acids is 1. The number of thioether (sulfide) groups is 3. The third-order valence-electron chi connectivity index (χ3n) is 4.45. The number of carboxylic acids is 1. The fraction of sp³-hybridized carbons (Fsp3) is 0.333. The summed E-state index contributed by atoms with van der Waals surface area (Å²) in [6, 6.07) is -2.63. The lowest BCUT2D eigenvalue weighted by Gasteiger charge is -2.49. The molecule has 0 spiro atoms. The van der Waals surface area contributed by atoms with E-state index in [1.807, 2.05) is 6.26 Å². The zero-order valence-corrected chi connectivity index (χ0v) is 21.1. The molecule has 4 heterocycles. The van der Waals surface area contributed by atoms with Gasteiger partial charge in [0.2, 0.25) is 6.04 Å². The van der Waals surface area contributed by atoms with Gasteiger partial charge in [0.05, 0.1) is 0 Å². The van der Waals surface area contributed by atoms with Crippen LogP contribution in [-0.2, 0) is 14.4 Å². The summed E-state index contributed by atoms with van der Waals surface area (Å²) in [4.78, 5) is 54.1. The zero-order valence-electron chi connectivity index (χ0n) is 16.3. The molecule has 2 aliphatic heterocycles. The summed E-state index contributed by atoms with van der Waals surface area (Å²) < 4.78 is 1.34. The van der Waals surface area contributed by atoms with Crippen molar-refractivity contribution in [1.29, 1.82) is 0 Å². The standard InChI is InChI=1S/C15H12ClN7O5S5/c1-29-14-20-21-15(33-14)31-3-2-30-11-6(10(25)23(11)7(3)12(26)27)18-9(24)5(22-28)4-8(16)32-13(17)19-4/h5-6,11H,2H2,1H3,(H2,17,19)(H,18,24)(H,26,27)/t5?,6-,11?/m1/s1. The predicted molar refractivity (Wildman–Crippen MR) is 127 cm³/mol. The van der Waals surface area contributed by atoms with Crippen LogP contribution in [0.5, 0.6) is 0 Å². The quantitative estimate of drug-likeness (QED) is 0.241. The van der Waals surface area contributed by atoms with Gasteiger partial charge in [0.1, 0.15) is 27.1 Å². The molecule has 1 fully saturated rings. The van der Waals surface area contributed by atoms with Crippen molar-refractivity contribution in [2.45, 2.75) is 26.1 Å². The summed E-state index contributed by atoms with van der Waals surface area (Å²) >= 11 is 12.0. The lowest BCUT2D eigenvalue weighted by Crippen LogP contribution is -2.70. The van der Waals surface area contributed by atoms with Gasteiger partial charge in [-0.3, -0.25) is 14.5 Å². The van der Waals surface area contributed by atoms with Gasteiger partial charge in [-0.25, -0.2) is 9.78 Å². The fourth-order valence-corrected chi connectivity index (χ4v) is 8.10. The Morgan fingerprint density at radius 3 is 2.67 bits per heavy atom. The number of β-lactam (4-membered cyclic amide) rings is 1. The molecule has 2 aromatic heterocycles. The minimum atomic E-state index is -1.59. The number of carbonyl (C=O) groups is 3. The smallest absolute Gasteiger partial charge is 0.353 e. The van der Waals surface area contributed by atoms with Crippen molar-refractivity contribution in [3.05, 3.63) is 25.5 Å². The highest BCUT2D eigenvalue weighted by Gasteiger charge is 2.55. The Balaban J connectivity index is 1.52. The Kier molecular flexibility index (Phi) is 7.15. The Morgan fingerprint density at radius 1 is 1.36 bits per heavy atom. The summed E-state index contributed by atoms with van der Waals surface area (Å²) in [5.74, 6) is -2.49. The number of rotatable bonds is 8. The van der Waals surface area contributed by atoms with Crippen LogP contribution in [0.3, 0.4) is 0 Å². The van der Waals surface area contributed by atoms with E-state index < -0.39 is 35.2 Å². The van der Waals surface area contributed by atoms with Crippen LogP contribution in [0, 0.1) is 4.91 Å². The molecule has 0 aromatic carbocycles. The molecule has 2 unspecified atom stereocenters. The van der Waals surface area contributed by atoms with Crippen LogP contribution in [0.4, 0.5) is 5.13 Å². The summed E-state index contributed by atoms with van der Waals surface area (Å²) in [5, 5.41) is 22.4. The van der Waals surface area contributed by atoms with E-state index in [2.05, 4.69) is 25.7 Å². The molecule has 0 bridgehead atoms. The Bertz CT molecular complexity index is 1190. The molecule has 2 aliphatic rings. The molecule has 4 N–H and O–H groups in total. The second-order valence-corrected chi connectivity index (χ2v) is 12.4. The number of hydrogen-bond donors (Lipinski definition) is 3. The summed E-state index contributed by atoms with van der Waals surface area (Å²) in [7, 11) is 0. The van der Waals surface area contributed by atoms with E-state index in [1.165, 1.54) is 34.9 Å². The monoisotopic (exact) mass is 565 g/mol. The van der Waals surface area contributed by atoms with E-state index in [1.54, 1.807) is 0 Å². The van der Waals surface area contributed by atoms with Gasteiger partial charge in [-0.2, -0.15) is 0 Å². The highest BCUT2D eigenvalue weighted by molar-refractivity contribution is 8.07. The molecule has 0 radical (unpaired) electrons. The van der Waals surface area contributed by atoms with Crippen molar-refractivity contribution in [2.75, 3.05) is 17.7 Å². The molecule has 0 saturated carbocycles. The number of amides is 2. The van der Waals surface area contributed by atoms with Gasteiger partial charge >= 0.3 is 5.97 Å². The lowest BCUT2D eigenvalue weighted by atomic mass is 10.0. The molecule has 2 amide bonds. The van der Waals surface area contributed by atoms with Crippen LogP contribution in [0.1, 0.15) is 11.7 Å². The Hall–Kier alpha value is -1.92. The third-order valence-corrected chi connectivity index (χ3v) is 10.1. The number of nitrogens with one attached hydrogen (secondary N) is 1. The number of nitroso groups, excluding NO2 is 1. The maximum atomic E-state index is 12.8. The number of nitrogen functional groups attached to an aromatic ring is 1. The van der Waals surface area contributed by atoms with Crippen LogP contribution < -0.4 is 11.1 Å². The zero-order chi connectivity index (χ0) is 23.9. The van der Waals surface area contributed by atoms with E-state index >= 15 is 0 Å². The van der Waals surface area contributed by atoms with Crippen molar-refractivity contribution in [2.24, 2.45) is 5.18 Å². The van der Waals surface area contributed by atoms with Crippen LogP contribution in [0.25, 0.3) is 0 Å². The number of thiazole rings is 1. The van der Waals surface area contributed by atoms with Gasteiger partial charge in [0.15, 0.2) is 13.8 Å². The van der Waals surface area contributed by atoms with Gasteiger partial charge in [-0.05, 0) is 11.4 Å². The first kappa shape index (κ1) is 24.2. The van der Waals surface area contributed by atoms with E-state index in [0.717, 1.165) is 32.3 Å². The lowest BCUT2D eigenvalue weighted by molar-refractivity contribution is -0.150. The topological polar surface area (TPSA) is 181 Å². The normalized spacial score (nSPS) is 20.8. The SMILES string of the molecule is CSc1nnc(SC2=C(C(=O)O)N3C(=O)[C@@H](NC(=O)C(N=O)c4nc(N)sc4Cl)C3SC2)s1. The maximum absolute atomic E-state index is 12.8. The van der Waals surface area contributed by atoms with E-state index in [9.17, 15) is 24.4 Å². The van der Waals surface area contributed by atoms with E-state index in [4.69, 9.17) is 17.3 Å². The molecular weight excluding hydrogens is 554 g/mol. The molecule has 18 heteroatoms. The number of carboxylic acid groups (broad SMARTS) is 1. The molecule has 1 saturated heterocycles. The Labute approximate surface area is 211 Å². The highest BCUT2D eigenvalue weighted by atomic mass is 35.5. The molecule has 33 heavy (non-hydrogen) atoms. The first-order valence-electron chi connectivity index (χ1n) is 8.76. The van der Waals surface area contributed by atoms with E-state index in [-0.39, 0.29) is 26.6 Å². The Morgan fingerprint density at radius 2 is 2.09 bits per heavy atom. The number of hydrogen-bond acceptors (Lipinski definition) is 14. The van der Waals surface area contributed by atoms with E-state index in [0.29, 0.717) is 9.24 Å². The summed E-state index contributed by atoms with van der Waals surface area (Å²) in [5.41, 5.74) is 5.29. The number of halogens is 1. The summed E-state index contributed by atoms with van der Waals surface area (Å²) in [6.07, 6.45) is 1.85. The molecular formula is C15H12ClN7O5S5. The molecule has 4 rings (SSSR count). The van der Waals surface area contributed by atoms with Crippen molar-refractivity contribution in [1.82, 2.24) is 25.4 Å². The highest BCUT2D eigenvalue weighted by Crippen LogP contribution is 2.46. The number of nitrogens with two attached hydrogens (primary N) is 1. The van der Waals surface area contributed by atoms with Crippen LogP contribution in [-0.4, -0.2) is 66.4 Å². The average molecular weight is 566 g/mol. The van der Waals surface area contributed by atoms with Gasteiger partial charge in [0.25, 0.3) is 11.8 Å². The molecule has 3 atom stereocenters. The predicted octanol–water partition coefficient (Wildman–Crippen LogP) is 2.25. The fourth-order valence-electron chi connectivity index (χ4n) is 3.05. The van der Waals surface area contributed by atoms with Crippen LogP contribution in [0.15, 0.2) is 24.5 Å². The number of carbonyl (C=O) groups excluding carboxylic acids is 2. The van der Waals surface area contributed by atoms with Crippen molar-refractivity contribution < 1.29 is 19.5 Å². The third kappa shape index (κ3) is 4.57. The van der Waals surface area contributed by atoms with Crippen LogP contribution >= 0.6 is 69.6 Å². The number of aromatic nitrogens is 3. The minimum absolute atomic E-state index is 0.0416. The first-order valence-corrected chi connectivity index (χ1v) is 13.9. The molecule has 2 aromatic rings. The molecule has 0 aliphatic carbocycles. The number of fused-ring (bicyclic) bond motifs is 1. The largest absolute Gasteiger partial charge is 0.477 e. The van der Waals surface area contributed by atoms with Gasteiger partial charge < -0.3 is 16.2 Å². The maximum Gasteiger partial charge on any atom is 0.353 e. The van der Waals surface area contributed by atoms with Gasteiger partial charge in [-0.1, -0.05) is 57.8 Å². The summed E-state index contributed by atoms with van der Waals surface area (Å²) in [6.45, 7) is 0. The van der Waals surface area contributed by atoms with Gasteiger partial charge in [-0.15, -0.1) is 26.9 Å². The number of nitrogens with zero attached hydrogens (tertiary/aromatic N) is 5. The second-order valence-electron chi connectivity index (χ2n) is 6.33. The van der Waals surface area contributed by atoms with Gasteiger partial charge in [0, 0.05) is 10.7 Å². The average Bonchev–Trinajstić information content (AvgIpc) is 3.37. The van der Waals surface area contributed by atoms with Crippen molar-refractivity contribution >= 4 is 92.5 Å². The molecule has 174 valence electrons. The second kappa shape index (κ2) is 9.75. The van der Waals surface area contributed by atoms with Crippen molar-refractivity contribution in [3.63, 3.8) is 0 Å².